The molecular weight excluding hydrogens is 264 g/mol. The summed E-state index contributed by atoms with van der Waals surface area (Å²) >= 11 is 0. The van der Waals surface area contributed by atoms with E-state index in [1.165, 1.54) is 11.3 Å². The molecular formula is C16H20N4O. The fourth-order valence-electron chi connectivity index (χ4n) is 3.42. The first kappa shape index (κ1) is 13.0. The minimum Gasteiger partial charge on any atom is -0.368 e. The Morgan fingerprint density at radius 3 is 2.90 bits per heavy atom. The van der Waals surface area contributed by atoms with Crippen molar-refractivity contribution in [2.45, 2.75) is 38.6 Å². The molecule has 1 saturated heterocycles. The molecule has 4 rings (SSSR count). The lowest BCUT2D eigenvalue weighted by Crippen LogP contribution is -2.32. The monoisotopic (exact) mass is 284 g/mol. The van der Waals surface area contributed by atoms with Crippen molar-refractivity contribution in [2.24, 2.45) is 0 Å². The van der Waals surface area contributed by atoms with Gasteiger partial charge in [0.1, 0.15) is 0 Å². The second kappa shape index (κ2) is 5.24. The summed E-state index contributed by atoms with van der Waals surface area (Å²) in [5.74, 6) is 0. The van der Waals surface area contributed by atoms with E-state index in [-0.39, 0.29) is 6.10 Å². The van der Waals surface area contributed by atoms with Crippen molar-refractivity contribution in [1.29, 1.82) is 0 Å². The third-order valence-electron chi connectivity index (χ3n) is 4.52. The molecule has 2 aliphatic rings. The molecule has 2 atom stereocenters. The summed E-state index contributed by atoms with van der Waals surface area (Å²) < 4.78 is 8.16. The maximum atomic E-state index is 6.05. The van der Waals surface area contributed by atoms with Crippen LogP contribution < -0.4 is 0 Å². The van der Waals surface area contributed by atoms with Gasteiger partial charge < -0.3 is 4.74 Å². The number of hydrogen-bond acceptors (Lipinski definition) is 4. The lowest BCUT2D eigenvalue weighted by Gasteiger charge is -2.26. The van der Waals surface area contributed by atoms with Gasteiger partial charge in [-0.1, -0.05) is 42.5 Å². The Morgan fingerprint density at radius 2 is 2.10 bits per heavy atom. The second-order valence-electron chi connectivity index (χ2n) is 5.88. The fraction of sp³-hybridized carbons (Fsp3) is 0.500. The zero-order valence-corrected chi connectivity index (χ0v) is 12.3. The first-order chi connectivity index (χ1) is 10.3. The van der Waals surface area contributed by atoms with Crippen LogP contribution in [0.15, 0.2) is 30.3 Å². The number of likely N-dealkylation sites (tertiary alicyclic amines) is 1. The molecule has 1 unspecified atom stereocenters. The summed E-state index contributed by atoms with van der Waals surface area (Å²) in [7, 11) is 0. The lowest BCUT2D eigenvalue weighted by atomic mass is 10.1. The number of aryl methyl sites for hydroxylation is 1. The standard InChI is InChI=1S/C16H20N4O/c1-2-13-15-11-21-16-10-19(8-12-6-4-3-5-7-12)9-14(16)20(15)18-17-13/h3-7,14,16H,2,8-11H2,1H3/t14?,16-/m1/s1. The molecule has 5 heteroatoms. The molecule has 3 heterocycles. The Labute approximate surface area is 124 Å². The third kappa shape index (κ3) is 2.26. The predicted molar refractivity (Wildman–Crippen MR) is 78.7 cm³/mol. The number of ether oxygens (including phenoxy) is 1. The van der Waals surface area contributed by atoms with Crippen molar-refractivity contribution in [1.82, 2.24) is 19.9 Å². The van der Waals surface area contributed by atoms with Crippen LogP contribution in [0.5, 0.6) is 0 Å². The van der Waals surface area contributed by atoms with Crippen molar-refractivity contribution in [2.75, 3.05) is 13.1 Å². The minimum atomic E-state index is 0.243. The van der Waals surface area contributed by atoms with Crippen LogP contribution in [-0.4, -0.2) is 39.1 Å². The van der Waals surface area contributed by atoms with E-state index in [1.807, 2.05) is 0 Å². The molecule has 2 aliphatic heterocycles. The Hall–Kier alpha value is -1.72. The normalized spacial score (nSPS) is 24.8. The van der Waals surface area contributed by atoms with Crippen LogP contribution in [0.4, 0.5) is 0 Å². The summed E-state index contributed by atoms with van der Waals surface area (Å²) in [5.41, 5.74) is 3.60. The number of aromatic nitrogens is 3. The van der Waals surface area contributed by atoms with Crippen molar-refractivity contribution in [3.05, 3.63) is 47.3 Å². The molecule has 1 aromatic carbocycles. The molecule has 0 bridgehead atoms. The minimum absolute atomic E-state index is 0.243. The van der Waals surface area contributed by atoms with E-state index >= 15 is 0 Å². The molecule has 1 fully saturated rings. The van der Waals surface area contributed by atoms with Crippen LogP contribution in [0.2, 0.25) is 0 Å². The van der Waals surface area contributed by atoms with E-state index in [9.17, 15) is 0 Å². The molecule has 0 radical (unpaired) electrons. The zero-order chi connectivity index (χ0) is 14.2. The molecule has 1 aromatic heterocycles. The van der Waals surface area contributed by atoms with Gasteiger partial charge in [0.15, 0.2) is 0 Å². The average molecular weight is 284 g/mol. The Morgan fingerprint density at radius 1 is 1.24 bits per heavy atom. The van der Waals surface area contributed by atoms with Gasteiger partial charge in [-0.3, -0.25) is 4.90 Å². The topological polar surface area (TPSA) is 43.2 Å². The van der Waals surface area contributed by atoms with Gasteiger partial charge in [0.25, 0.3) is 0 Å². The molecule has 5 nitrogen and oxygen atoms in total. The largest absolute Gasteiger partial charge is 0.368 e. The Bertz CT molecular complexity index is 624. The van der Waals surface area contributed by atoms with Crippen molar-refractivity contribution >= 4 is 0 Å². The van der Waals surface area contributed by atoms with Gasteiger partial charge in [-0.2, -0.15) is 0 Å². The smallest absolute Gasteiger partial charge is 0.0944 e. The number of benzene rings is 1. The molecule has 0 N–H and O–H groups in total. The van der Waals surface area contributed by atoms with Crippen LogP contribution in [-0.2, 0) is 24.3 Å². The Balaban J connectivity index is 1.53. The Kier molecular flexibility index (Phi) is 3.24. The van der Waals surface area contributed by atoms with E-state index in [2.05, 4.69) is 57.1 Å². The molecule has 0 amide bonds. The van der Waals surface area contributed by atoms with Gasteiger partial charge in [0, 0.05) is 19.6 Å². The number of nitrogens with zero attached hydrogens (tertiary/aromatic N) is 4. The first-order valence-electron chi connectivity index (χ1n) is 7.66. The molecule has 21 heavy (non-hydrogen) atoms. The maximum Gasteiger partial charge on any atom is 0.0944 e. The van der Waals surface area contributed by atoms with Crippen LogP contribution in [0.25, 0.3) is 0 Å². The molecule has 0 saturated carbocycles. The highest BCUT2D eigenvalue weighted by Gasteiger charge is 2.40. The van der Waals surface area contributed by atoms with E-state index in [1.54, 1.807) is 0 Å². The average Bonchev–Trinajstić information content (AvgIpc) is 3.10. The third-order valence-corrected chi connectivity index (χ3v) is 4.52. The number of rotatable bonds is 3. The van der Waals surface area contributed by atoms with Gasteiger partial charge in [-0.25, -0.2) is 4.68 Å². The van der Waals surface area contributed by atoms with E-state index in [0.717, 1.165) is 31.7 Å². The predicted octanol–water partition coefficient (Wildman–Crippen LogP) is 1.80. The lowest BCUT2D eigenvalue weighted by molar-refractivity contribution is -0.00559. The van der Waals surface area contributed by atoms with E-state index in [4.69, 9.17) is 4.74 Å². The summed E-state index contributed by atoms with van der Waals surface area (Å²) in [5, 5.41) is 8.67. The van der Waals surface area contributed by atoms with Gasteiger partial charge in [0.2, 0.25) is 0 Å². The fourth-order valence-corrected chi connectivity index (χ4v) is 3.42. The molecule has 110 valence electrons. The van der Waals surface area contributed by atoms with E-state index < -0.39 is 0 Å². The van der Waals surface area contributed by atoms with Crippen LogP contribution >= 0.6 is 0 Å². The molecule has 0 spiro atoms. The maximum absolute atomic E-state index is 6.05. The van der Waals surface area contributed by atoms with Crippen LogP contribution in [0, 0.1) is 0 Å². The second-order valence-corrected chi connectivity index (χ2v) is 5.88. The summed E-state index contributed by atoms with van der Waals surface area (Å²) in [6.45, 7) is 5.70. The SMILES string of the molecule is CCc1nnn2c1CO[C@@H]1CN(Cc3ccccc3)CC12. The summed E-state index contributed by atoms with van der Waals surface area (Å²) in [6.07, 6.45) is 1.16. The number of fused-ring (bicyclic) bond motifs is 3. The van der Waals surface area contributed by atoms with Crippen molar-refractivity contribution < 1.29 is 4.74 Å². The number of hydrogen-bond donors (Lipinski definition) is 0. The van der Waals surface area contributed by atoms with Crippen molar-refractivity contribution in [3.8, 4) is 0 Å². The van der Waals surface area contributed by atoms with Gasteiger partial charge in [-0.15, -0.1) is 5.10 Å². The highest BCUT2D eigenvalue weighted by atomic mass is 16.5. The van der Waals surface area contributed by atoms with Gasteiger partial charge in [0.05, 0.1) is 30.1 Å². The summed E-state index contributed by atoms with van der Waals surface area (Å²) in [6, 6.07) is 10.9. The molecule has 2 aromatic rings. The highest BCUT2D eigenvalue weighted by molar-refractivity contribution is 5.16. The quantitative estimate of drug-likeness (QED) is 0.862. The van der Waals surface area contributed by atoms with Crippen molar-refractivity contribution in [3.63, 3.8) is 0 Å². The van der Waals surface area contributed by atoms with Crippen LogP contribution in [0.3, 0.4) is 0 Å². The molecule has 0 aliphatic carbocycles. The summed E-state index contributed by atoms with van der Waals surface area (Å²) in [4.78, 5) is 2.45. The highest BCUT2D eigenvalue weighted by Crippen LogP contribution is 2.32. The van der Waals surface area contributed by atoms with E-state index in [0.29, 0.717) is 12.6 Å². The van der Waals surface area contributed by atoms with Crippen LogP contribution in [0.1, 0.15) is 29.9 Å². The first-order valence-corrected chi connectivity index (χ1v) is 7.66. The van der Waals surface area contributed by atoms with Gasteiger partial charge >= 0.3 is 0 Å². The van der Waals surface area contributed by atoms with Gasteiger partial charge in [-0.05, 0) is 12.0 Å². The zero-order valence-electron chi connectivity index (χ0n) is 12.3.